The van der Waals surface area contributed by atoms with E-state index in [9.17, 15) is 14.4 Å². The lowest BCUT2D eigenvalue weighted by atomic mass is 10.1. The van der Waals surface area contributed by atoms with Crippen LogP contribution < -0.4 is 15.4 Å². The van der Waals surface area contributed by atoms with Gasteiger partial charge >= 0.3 is 5.97 Å². The largest absolute Gasteiger partial charge is 0.494 e. The molecule has 7 heteroatoms. The molecule has 0 bridgehead atoms. The van der Waals surface area contributed by atoms with Crippen LogP contribution in [0.2, 0.25) is 0 Å². The highest BCUT2D eigenvalue weighted by Gasteiger charge is 2.14. The van der Waals surface area contributed by atoms with Gasteiger partial charge in [0.1, 0.15) is 5.75 Å². The smallest absolute Gasteiger partial charge is 0.339 e. The standard InChI is InChI=1S/C25H24N2O5/c1-3-15-32-20-8-6-7-18(16-20)24(29)26-19-13-11-17(12-14-19)23(28)27-22-10-5-4-9-21(22)25(30)31-2/h4-14,16H,3,15H2,1-2H3,(H,26,29)(H,27,28). The summed E-state index contributed by atoms with van der Waals surface area (Å²) in [5.74, 6) is -0.571. The molecule has 0 aliphatic rings. The van der Waals surface area contributed by atoms with Gasteiger partial charge in [-0.15, -0.1) is 0 Å². The second-order valence-corrected chi connectivity index (χ2v) is 6.90. The van der Waals surface area contributed by atoms with Crippen molar-refractivity contribution in [1.29, 1.82) is 0 Å². The fourth-order valence-electron chi connectivity index (χ4n) is 2.93. The van der Waals surface area contributed by atoms with E-state index < -0.39 is 5.97 Å². The molecular weight excluding hydrogens is 408 g/mol. The minimum Gasteiger partial charge on any atom is -0.494 e. The van der Waals surface area contributed by atoms with Gasteiger partial charge < -0.3 is 20.1 Å². The Labute approximate surface area is 186 Å². The number of esters is 1. The lowest BCUT2D eigenvalue weighted by Gasteiger charge is -2.11. The molecule has 0 spiro atoms. The third-order valence-corrected chi connectivity index (χ3v) is 4.55. The highest BCUT2D eigenvalue weighted by Crippen LogP contribution is 2.19. The molecular formula is C25H24N2O5. The molecule has 0 aromatic heterocycles. The summed E-state index contributed by atoms with van der Waals surface area (Å²) >= 11 is 0. The zero-order valence-corrected chi connectivity index (χ0v) is 17.9. The van der Waals surface area contributed by atoms with Crippen LogP contribution in [0.4, 0.5) is 11.4 Å². The van der Waals surface area contributed by atoms with Crippen molar-refractivity contribution in [3.8, 4) is 5.75 Å². The first-order valence-corrected chi connectivity index (χ1v) is 10.1. The second kappa shape index (κ2) is 10.8. The summed E-state index contributed by atoms with van der Waals surface area (Å²) in [5, 5.41) is 5.51. The quantitative estimate of drug-likeness (QED) is 0.500. The number of benzene rings is 3. The number of methoxy groups -OCH3 is 1. The Balaban J connectivity index is 1.66. The van der Waals surface area contributed by atoms with E-state index in [0.29, 0.717) is 34.9 Å². The molecule has 0 aliphatic carbocycles. The Morgan fingerprint density at radius 3 is 2.25 bits per heavy atom. The van der Waals surface area contributed by atoms with Crippen LogP contribution in [0.25, 0.3) is 0 Å². The predicted molar refractivity (Wildman–Crippen MR) is 122 cm³/mol. The van der Waals surface area contributed by atoms with Crippen molar-refractivity contribution < 1.29 is 23.9 Å². The van der Waals surface area contributed by atoms with Crippen molar-refractivity contribution in [3.05, 3.63) is 89.5 Å². The molecule has 7 nitrogen and oxygen atoms in total. The van der Waals surface area contributed by atoms with Gasteiger partial charge in [0.25, 0.3) is 11.8 Å². The van der Waals surface area contributed by atoms with Crippen molar-refractivity contribution in [3.63, 3.8) is 0 Å². The van der Waals surface area contributed by atoms with Gasteiger partial charge in [-0.2, -0.15) is 0 Å². The summed E-state index contributed by atoms with van der Waals surface area (Å²) in [7, 11) is 1.28. The molecule has 0 unspecified atom stereocenters. The average molecular weight is 432 g/mol. The van der Waals surface area contributed by atoms with Crippen LogP contribution in [0.1, 0.15) is 44.4 Å². The minimum absolute atomic E-state index is 0.261. The van der Waals surface area contributed by atoms with Gasteiger partial charge in [-0.3, -0.25) is 9.59 Å². The van der Waals surface area contributed by atoms with Crippen molar-refractivity contribution in [2.45, 2.75) is 13.3 Å². The molecule has 0 saturated carbocycles. The lowest BCUT2D eigenvalue weighted by molar-refractivity contribution is 0.0601. The minimum atomic E-state index is -0.539. The van der Waals surface area contributed by atoms with Crippen molar-refractivity contribution in [2.75, 3.05) is 24.4 Å². The number of amides is 2. The predicted octanol–water partition coefficient (Wildman–Crippen LogP) is 4.77. The van der Waals surface area contributed by atoms with Crippen LogP contribution in [0.3, 0.4) is 0 Å². The van der Waals surface area contributed by atoms with E-state index in [4.69, 9.17) is 9.47 Å². The van der Waals surface area contributed by atoms with E-state index in [1.165, 1.54) is 7.11 Å². The van der Waals surface area contributed by atoms with E-state index in [1.807, 2.05) is 6.92 Å². The lowest BCUT2D eigenvalue weighted by Crippen LogP contribution is -2.16. The molecule has 3 aromatic carbocycles. The van der Waals surface area contributed by atoms with Crippen molar-refractivity contribution in [2.24, 2.45) is 0 Å². The van der Waals surface area contributed by atoms with Gasteiger partial charge in [0.05, 0.1) is 25.0 Å². The number of ether oxygens (including phenoxy) is 2. The van der Waals surface area contributed by atoms with Gasteiger partial charge in [0.2, 0.25) is 0 Å². The Hall–Kier alpha value is -4.13. The summed E-state index contributed by atoms with van der Waals surface area (Å²) < 4.78 is 10.3. The summed E-state index contributed by atoms with van der Waals surface area (Å²) in [4.78, 5) is 37.0. The zero-order valence-electron chi connectivity index (χ0n) is 17.9. The Morgan fingerprint density at radius 1 is 0.812 bits per heavy atom. The highest BCUT2D eigenvalue weighted by atomic mass is 16.5. The van der Waals surface area contributed by atoms with Crippen LogP contribution in [-0.4, -0.2) is 31.5 Å². The number of hydrogen-bond donors (Lipinski definition) is 2. The number of carbonyl (C=O) groups excluding carboxylic acids is 3. The Morgan fingerprint density at radius 2 is 1.53 bits per heavy atom. The maximum atomic E-state index is 12.6. The first kappa shape index (κ1) is 22.6. The molecule has 2 N–H and O–H groups in total. The van der Waals surface area contributed by atoms with E-state index in [0.717, 1.165) is 6.42 Å². The molecule has 164 valence electrons. The molecule has 3 aromatic rings. The number of anilines is 2. The molecule has 0 aliphatic heterocycles. The molecule has 0 heterocycles. The Kier molecular flexibility index (Phi) is 7.59. The van der Waals surface area contributed by atoms with Crippen LogP contribution >= 0.6 is 0 Å². The normalized spacial score (nSPS) is 10.2. The van der Waals surface area contributed by atoms with Gasteiger partial charge in [-0.05, 0) is 61.0 Å². The number of nitrogens with one attached hydrogen (secondary N) is 2. The summed E-state index contributed by atoms with van der Waals surface area (Å²) in [6.45, 7) is 2.59. The molecule has 0 fully saturated rings. The van der Waals surface area contributed by atoms with Gasteiger partial charge in [0.15, 0.2) is 0 Å². The Bertz CT molecular complexity index is 1110. The molecule has 0 radical (unpaired) electrons. The molecule has 3 rings (SSSR count). The first-order chi connectivity index (χ1) is 15.5. The second-order valence-electron chi connectivity index (χ2n) is 6.90. The molecule has 2 amide bonds. The molecule has 0 saturated heterocycles. The summed E-state index contributed by atoms with van der Waals surface area (Å²) in [6.07, 6.45) is 0.880. The molecule has 32 heavy (non-hydrogen) atoms. The monoisotopic (exact) mass is 432 g/mol. The maximum Gasteiger partial charge on any atom is 0.339 e. The third-order valence-electron chi connectivity index (χ3n) is 4.55. The first-order valence-electron chi connectivity index (χ1n) is 10.1. The average Bonchev–Trinajstić information content (AvgIpc) is 2.83. The maximum absolute atomic E-state index is 12.6. The fraction of sp³-hybridized carbons (Fsp3) is 0.160. The van der Waals surface area contributed by atoms with Gasteiger partial charge in [0, 0.05) is 16.8 Å². The summed E-state index contributed by atoms with van der Waals surface area (Å²) in [6, 6.07) is 20.0. The summed E-state index contributed by atoms with van der Waals surface area (Å²) in [5.41, 5.74) is 2.00. The fourth-order valence-corrected chi connectivity index (χ4v) is 2.93. The zero-order chi connectivity index (χ0) is 22.9. The number of rotatable bonds is 8. The third kappa shape index (κ3) is 5.72. The number of para-hydroxylation sites is 1. The topological polar surface area (TPSA) is 93.7 Å². The molecule has 0 atom stereocenters. The highest BCUT2D eigenvalue weighted by molar-refractivity contribution is 6.08. The SMILES string of the molecule is CCCOc1cccc(C(=O)Nc2ccc(C(=O)Nc3ccccc3C(=O)OC)cc2)c1. The van der Waals surface area contributed by atoms with Gasteiger partial charge in [-0.25, -0.2) is 4.79 Å². The van der Waals surface area contributed by atoms with E-state index in [2.05, 4.69) is 10.6 Å². The van der Waals surface area contributed by atoms with Crippen molar-refractivity contribution >= 4 is 29.2 Å². The van der Waals surface area contributed by atoms with Crippen LogP contribution in [-0.2, 0) is 4.74 Å². The number of carbonyl (C=O) groups is 3. The van der Waals surface area contributed by atoms with E-state index in [1.54, 1.807) is 72.8 Å². The van der Waals surface area contributed by atoms with Crippen LogP contribution in [0, 0.1) is 0 Å². The van der Waals surface area contributed by atoms with Crippen molar-refractivity contribution in [1.82, 2.24) is 0 Å². The van der Waals surface area contributed by atoms with Crippen LogP contribution in [0.5, 0.6) is 5.75 Å². The number of hydrogen-bond acceptors (Lipinski definition) is 5. The van der Waals surface area contributed by atoms with Gasteiger partial charge in [-0.1, -0.05) is 25.1 Å². The van der Waals surface area contributed by atoms with E-state index in [-0.39, 0.29) is 17.4 Å². The van der Waals surface area contributed by atoms with Crippen LogP contribution in [0.15, 0.2) is 72.8 Å². The van der Waals surface area contributed by atoms with E-state index >= 15 is 0 Å².